The van der Waals surface area contributed by atoms with Crippen molar-refractivity contribution in [1.29, 1.82) is 0 Å². The van der Waals surface area contributed by atoms with Crippen molar-refractivity contribution < 1.29 is 17.9 Å². The smallest absolute Gasteiger partial charge is 0.255 e. The van der Waals surface area contributed by atoms with Crippen LogP contribution in [0.1, 0.15) is 17.3 Å². The van der Waals surface area contributed by atoms with E-state index in [0.717, 1.165) is 5.41 Å². The van der Waals surface area contributed by atoms with Gasteiger partial charge in [-0.1, -0.05) is 6.07 Å². The minimum atomic E-state index is -3.20. The van der Waals surface area contributed by atoms with Crippen LogP contribution in [0.4, 0.5) is 5.69 Å². The Labute approximate surface area is 117 Å². The molecular formula is C13H16N2O4S. The van der Waals surface area contributed by atoms with E-state index in [1.54, 1.807) is 25.1 Å². The average molecular weight is 296 g/mol. The maximum Gasteiger partial charge on any atom is 0.255 e. The highest BCUT2D eigenvalue weighted by Crippen LogP contribution is 2.26. The quantitative estimate of drug-likeness (QED) is 0.797. The fraction of sp³-hybridized carbons (Fsp3) is 0.308. The molecule has 0 aliphatic carbocycles. The van der Waals surface area contributed by atoms with Crippen LogP contribution in [0.15, 0.2) is 29.7 Å². The first kappa shape index (κ1) is 14.4. The molecule has 1 atom stereocenters. The van der Waals surface area contributed by atoms with Gasteiger partial charge in [-0.05, 0) is 25.1 Å². The molecule has 108 valence electrons. The third-order valence-corrected chi connectivity index (χ3v) is 4.22. The maximum atomic E-state index is 12.2. The first-order valence-corrected chi connectivity index (χ1v) is 7.87. The van der Waals surface area contributed by atoms with Gasteiger partial charge in [-0.25, -0.2) is 8.42 Å². The molecule has 1 amide bonds. The molecular weight excluding hydrogens is 280 g/mol. The SMILES string of the molecule is CCOc1c(N)cccc1C(=O)NC1C=CS(=O)(=O)C1. The Hall–Kier alpha value is -2.02. The van der Waals surface area contributed by atoms with Crippen molar-refractivity contribution >= 4 is 21.4 Å². The Balaban J connectivity index is 2.18. The monoisotopic (exact) mass is 296 g/mol. The molecule has 0 radical (unpaired) electrons. The number of amides is 1. The summed E-state index contributed by atoms with van der Waals surface area (Å²) in [6, 6.07) is 4.35. The topological polar surface area (TPSA) is 98.5 Å². The zero-order chi connectivity index (χ0) is 14.8. The normalized spacial score (nSPS) is 19.8. The van der Waals surface area contributed by atoms with Gasteiger partial charge in [0, 0.05) is 5.41 Å². The number of anilines is 1. The van der Waals surface area contributed by atoms with Gasteiger partial charge in [-0.2, -0.15) is 0 Å². The minimum absolute atomic E-state index is 0.120. The summed E-state index contributed by atoms with van der Waals surface area (Å²) in [4.78, 5) is 12.2. The van der Waals surface area contributed by atoms with Crippen LogP contribution in [-0.4, -0.2) is 32.7 Å². The van der Waals surface area contributed by atoms with Gasteiger partial charge in [0.15, 0.2) is 15.6 Å². The molecule has 1 aliphatic heterocycles. The van der Waals surface area contributed by atoms with Crippen molar-refractivity contribution in [1.82, 2.24) is 5.32 Å². The molecule has 1 heterocycles. The van der Waals surface area contributed by atoms with Gasteiger partial charge in [0.2, 0.25) is 0 Å². The van der Waals surface area contributed by atoms with Crippen LogP contribution in [0.25, 0.3) is 0 Å². The summed E-state index contributed by atoms with van der Waals surface area (Å²) < 4.78 is 28.0. The molecule has 0 spiro atoms. The molecule has 1 aromatic rings. The minimum Gasteiger partial charge on any atom is -0.491 e. The van der Waals surface area contributed by atoms with E-state index in [1.165, 1.54) is 6.08 Å². The van der Waals surface area contributed by atoms with Crippen LogP contribution in [0.3, 0.4) is 0 Å². The van der Waals surface area contributed by atoms with Gasteiger partial charge in [0.05, 0.1) is 29.7 Å². The number of rotatable bonds is 4. The molecule has 20 heavy (non-hydrogen) atoms. The number of nitrogens with one attached hydrogen (secondary N) is 1. The van der Waals surface area contributed by atoms with E-state index in [0.29, 0.717) is 23.6 Å². The Morgan fingerprint density at radius 1 is 1.50 bits per heavy atom. The molecule has 0 aromatic heterocycles. The highest BCUT2D eigenvalue weighted by atomic mass is 32.2. The summed E-state index contributed by atoms with van der Waals surface area (Å²) >= 11 is 0. The van der Waals surface area contributed by atoms with Gasteiger partial charge in [-0.15, -0.1) is 0 Å². The molecule has 0 fully saturated rings. The highest BCUT2D eigenvalue weighted by molar-refractivity contribution is 7.94. The summed E-state index contributed by atoms with van der Waals surface area (Å²) in [6.45, 7) is 2.17. The second kappa shape index (κ2) is 5.54. The van der Waals surface area contributed by atoms with E-state index in [2.05, 4.69) is 5.32 Å². The Morgan fingerprint density at radius 3 is 2.85 bits per heavy atom. The number of para-hydroxylation sites is 1. The number of carbonyl (C=O) groups is 1. The van der Waals surface area contributed by atoms with Crippen LogP contribution >= 0.6 is 0 Å². The molecule has 7 heteroatoms. The molecule has 2 rings (SSSR count). The number of sulfone groups is 1. The number of ether oxygens (including phenoxy) is 1. The zero-order valence-corrected chi connectivity index (χ0v) is 11.8. The van der Waals surface area contributed by atoms with Gasteiger partial charge < -0.3 is 15.8 Å². The van der Waals surface area contributed by atoms with E-state index < -0.39 is 21.8 Å². The summed E-state index contributed by atoms with van der Waals surface area (Å²) in [6.07, 6.45) is 1.46. The van der Waals surface area contributed by atoms with Crippen LogP contribution in [0, 0.1) is 0 Å². The Morgan fingerprint density at radius 2 is 2.25 bits per heavy atom. The van der Waals surface area contributed by atoms with Crippen molar-refractivity contribution in [2.75, 3.05) is 18.1 Å². The van der Waals surface area contributed by atoms with E-state index >= 15 is 0 Å². The van der Waals surface area contributed by atoms with Crippen molar-refractivity contribution in [2.45, 2.75) is 13.0 Å². The molecule has 3 N–H and O–H groups in total. The van der Waals surface area contributed by atoms with Gasteiger partial charge >= 0.3 is 0 Å². The number of hydrogen-bond donors (Lipinski definition) is 2. The molecule has 1 unspecified atom stereocenters. The maximum absolute atomic E-state index is 12.2. The number of hydrogen-bond acceptors (Lipinski definition) is 5. The van der Waals surface area contributed by atoms with E-state index in [1.807, 2.05) is 0 Å². The van der Waals surface area contributed by atoms with E-state index in [4.69, 9.17) is 10.5 Å². The van der Waals surface area contributed by atoms with Crippen LogP contribution in [0.5, 0.6) is 5.75 Å². The summed E-state index contributed by atoms with van der Waals surface area (Å²) in [5.41, 5.74) is 6.45. The second-order valence-electron chi connectivity index (χ2n) is 4.39. The molecule has 0 saturated heterocycles. The molecule has 1 aromatic carbocycles. The molecule has 0 saturated carbocycles. The van der Waals surface area contributed by atoms with E-state index in [-0.39, 0.29) is 5.75 Å². The summed E-state index contributed by atoms with van der Waals surface area (Å²) in [7, 11) is -3.20. The lowest BCUT2D eigenvalue weighted by molar-refractivity contribution is 0.0944. The fourth-order valence-corrected chi connectivity index (χ4v) is 3.19. The lowest BCUT2D eigenvalue weighted by Crippen LogP contribution is -2.35. The number of carbonyl (C=O) groups excluding carboxylic acids is 1. The van der Waals surface area contributed by atoms with Crippen molar-refractivity contribution in [2.24, 2.45) is 0 Å². The standard InChI is InChI=1S/C13H16N2O4S/c1-2-19-12-10(4-3-5-11(12)14)13(16)15-9-6-7-20(17,18)8-9/h3-7,9H,2,8,14H2,1H3,(H,15,16). The van der Waals surface area contributed by atoms with Crippen molar-refractivity contribution in [3.63, 3.8) is 0 Å². The first-order chi connectivity index (χ1) is 9.43. The van der Waals surface area contributed by atoms with E-state index in [9.17, 15) is 13.2 Å². The summed E-state index contributed by atoms with van der Waals surface area (Å²) in [5.74, 6) is -0.213. The van der Waals surface area contributed by atoms with Gasteiger partial charge in [0.25, 0.3) is 5.91 Å². The molecule has 1 aliphatic rings. The van der Waals surface area contributed by atoms with Crippen molar-refractivity contribution in [3.05, 3.63) is 35.2 Å². The number of nitrogen functional groups attached to an aromatic ring is 1. The van der Waals surface area contributed by atoms with Gasteiger partial charge in [-0.3, -0.25) is 4.79 Å². The van der Waals surface area contributed by atoms with Crippen LogP contribution in [0.2, 0.25) is 0 Å². The predicted octanol–water partition coefficient (Wildman–Crippen LogP) is 0.708. The summed E-state index contributed by atoms with van der Waals surface area (Å²) in [5, 5.41) is 3.75. The third-order valence-electron chi connectivity index (χ3n) is 2.83. The largest absolute Gasteiger partial charge is 0.491 e. The average Bonchev–Trinajstić information content (AvgIpc) is 2.71. The number of nitrogens with two attached hydrogens (primary N) is 1. The van der Waals surface area contributed by atoms with Gasteiger partial charge in [0.1, 0.15) is 0 Å². The Kier molecular flexibility index (Phi) is 3.99. The zero-order valence-electron chi connectivity index (χ0n) is 11.0. The fourth-order valence-electron chi connectivity index (χ4n) is 1.95. The molecule has 0 bridgehead atoms. The number of benzene rings is 1. The van der Waals surface area contributed by atoms with Crippen LogP contribution in [-0.2, 0) is 9.84 Å². The predicted molar refractivity (Wildman–Crippen MR) is 76.2 cm³/mol. The Bertz CT molecular complexity index is 652. The second-order valence-corrected chi connectivity index (χ2v) is 6.33. The lowest BCUT2D eigenvalue weighted by atomic mass is 10.1. The molecule has 6 nitrogen and oxygen atoms in total. The van der Waals surface area contributed by atoms with Crippen molar-refractivity contribution in [3.8, 4) is 5.75 Å². The van der Waals surface area contributed by atoms with Crippen LogP contribution < -0.4 is 15.8 Å². The third kappa shape index (κ3) is 3.11. The first-order valence-electron chi connectivity index (χ1n) is 6.16. The highest BCUT2D eigenvalue weighted by Gasteiger charge is 2.24. The lowest BCUT2D eigenvalue weighted by Gasteiger charge is -2.14.